The summed E-state index contributed by atoms with van der Waals surface area (Å²) in [5.41, 5.74) is 2.05. The molecule has 0 fully saturated rings. The molecule has 0 aliphatic carbocycles. The highest BCUT2D eigenvalue weighted by molar-refractivity contribution is 5.86. The molecule has 6 heteroatoms. The molecule has 0 saturated heterocycles. The third-order valence-electron chi connectivity index (χ3n) is 2.50. The van der Waals surface area contributed by atoms with Gasteiger partial charge in [-0.05, 0) is 26.3 Å². The molecule has 6 nitrogen and oxygen atoms in total. The molecule has 4 N–H and O–H groups in total. The van der Waals surface area contributed by atoms with Crippen molar-refractivity contribution in [2.75, 3.05) is 0 Å². The fraction of sp³-hybridized carbons (Fsp3) is 0.429. The van der Waals surface area contributed by atoms with E-state index >= 15 is 0 Å². The summed E-state index contributed by atoms with van der Waals surface area (Å²) < 4.78 is 0. The number of hydrogen-bond donors (Lipinski definition) is 4. The zero-order valence-corrected chi connectivity index (χ0v) is 11.9. The van der Waals surface area contributed by atoms with E-state index in [2.05, 4.69) is 10.6 Å². The molecule has 1 aromatic rings. The Morgan fingerprint density at radius 1 is 1.20 bits per heavy atom. The Balaban J connectivity index is 2.70. The Kier molecular flexibility index (Phi) is 5.52. The second-order valence-electron chi connectivity index (χ2n) is 5.57. The predicted octanol–water partition coefficient (Wildman–Crippen LogP) is 1.20. The minimum atomic E-state index is -0.843. The molecular formula is C14H21N3O3. The summed E-state index contributed by atoms with van der Waals surface area (Å²) in [5, 5.41) is 14.0. The van der Waals surface area contributed by atoms with Gasteiger partial charge < -0.3 is 10.6 Å². The van der Waals surface area contributed by atoms with Crippen LogP contribution in [0, 0.1) is 0 Å². The van der Waals surface area contributed by atoms with Gasteiger partial charge >= 0.3 is 6.03 Å². The summed E-state index contributed by atoms with van der Waals surface area (Å²) in [7, 11) is 0. The van der Waals surface area contributed by atoms with Crippen LogP contribution in [0.2, 0.25) is 0 Å². The molecule has 0 saturated carbocycles. The van der Waals surface area contributed by atoms with Gasteiger partial charge in [-0.3, -0.25) is 10.0 Å². The predicted molar refractivity (Wildman–Crippen MR) is 75.3 cm³/mol. The largest absolute Gasteiger partial charge is 0.334 e. The lowest BCUT2D eigenvalue weighted by Crippen LogP contribution is -2.54. The van der Waals surface area contributed by atoms with E-state index in [4.69, 9.17) is 5.21 Å². The van der Waals surface area contributed by atoms with Gasteiger partial charge in [0.2, 0.25) is 0 Å². The average Bonchev–Trinajstić information content (AvgIpc) is 2.36. The third-order valence-corrected chi connectivity index (χ3v) is 2.50. The van der Waals surface area contributed by atoms with Gasteiger partial charge in [0.25, 0.3) is 5.91 Å². The molecule has 1 rings (SSSR count). The first-order chi connectivity index (χ1) is 9.31. The van der Waals surface area contributed by atoms with Crippen molar-refractivity contribution in [2.45, 2.75) is 38.8 Å². The monoisotopic (exact) mass is 279 g/mol. The van der Waals surface area contributed by atoms with Gasteiger partial charge in [0.15, 0.2) is 0 Å². The van der Waals surface area contributed by atoms with Crippen molar-refractivity contribution in [2.24, 2.45) is 0 Å². The second-order valence-corrected chi connectivity index (χ2v) is 5.57. The van der Waals surface area contributed by atoms with Crippen LogP contribution in [-0.2, 0) is 11.2 Å². The topological polar surface area (TPSA) is 90.5 Å². The van der Waals surface area contributed by atoms with Crippen LogP contribution < -0.4 is 16.1 Å². The molecule has 110 valence electrons. The first-order valence-electron chi connectivity index (χ1n) is 6.38. The molecule has 0 radical (unpaired) electrons. The van der Waals surface area contributed by atoms with Gasteiger partial charge in [0, 0.05) is 12.0 Å². The highest BCUT2D eigenvalue weighted by Crippen LogP contribution is 2.04. The van der Waals surface area contributed by atoms with Crippen LogP contribution in [0.3, 0.4) is 0 Å². The van der Waals surface area contributed by atoms with Gasteiger partial charge in [0.05, 0.1) is 0 Å². The number of benzene rings is 1. The lowest BCUT2D eigenvalue weighted by atomic mass is 10.1. The highest BCUT2D eigenvalue weighted by atomic mass is 16.5. The number of carbonyl (C=O) groups is 2. The highest BCUT2D eigenvalue weighted by Gasteiger charge is 2.22. The molecule has 0 aromatic heterocycles. The van der Waals surface area contributed by atoms with Crippen LogP contribution in [-0.4, -0.2) is 28.7 Å². The molecule has 1 atom stereocenters. The number of carbonyl (C=O) groups excluding carboxylic acids is 2. The van der Waals surface area contributed by atoms with Gasteiger partial charge in [-0.25, -0.2) is 10.3 Å². The number of urea groups is 1. The SMILES string of the molecule is CC(C)(C)NC(=O)N[C@@H](Cc1ccccc1)C(=O)NO. The summed E-state index contributed by atoms with van der Waals surface area (Å²) in [6, 6.07) is 7.95. The summed E-state index contributed by atoms with van der Waals surface area (Å²) >= 11 is 0. The smallest absolute Gasteiger partial charge is 0.315 e. The fourth-order valence-corrected chi connectivity index (χ4v) is 1.67. The number of hydroxylamine groups is 1. The lowest BCUT2D eigenvalue weighted by molar-refractivity contribution is -0.131. The quantitative estimate of drug-likeness (QED) is 0.493. The summed E-state index contributed by atoms with van der Waals surface area (Å²) in [6.45, 7) is 5.51. The van der Waals surface area contributed by atoms with E-state index in [0.29, 0.717) is 6.42 Å². The Morgan fingerprint density at radius 2 is 1.80 bits per heavy atom. The van der Waals surface area contributed by atoms with E-state index in [1.54, 1.807) is 5.48 Å². The number of amides is 3. The number of rotatable bonds is 4. The maximum absolute atomic E-state index is 11.8. The average molecular weight is 279 g/mol. The van der Waals surface area contributed by atoms with Crippen molar-refractivity contribution in [1.82, 2.24) is 16.1 Å². The molecule has 1 aromatic carbocycles. The molecule has 0 bridgehead atoms. The fourth-order valence-electron chi connectivity index (χ4n) is 1.67. The Hall–Kier alpha value is -2.08. The Labute approximate surface area is 118 Å². The first kappa shape index (κ1) is 16.0. The minimum Gasteiger partial charge on any atom is -0.334 e. The van der Waals surface area contributed by atoms with Crippen molar-refractivity contribution in [3.63, 3.8) is 0 Å². The van der Waals surface area contributed by atoms with Crippen LogP contribution in [0.1, 0.15) is 26.3 Å². The molecule has 0 aliphatic rings. The Bertz CT molecular complexity index is 454. The van der Waals surface area contributed by atoms with Crippen molar-refractivity contribution >= 4 is 11.9 Å². The molecule has 3 amide bonds. The van der Waals surface area contributed by atoms with Crippen LogP contribution in [0.25, 0.3) is 0 Å². The first-order valence-corrected chi connectivity index (χ1v) is 6.38. The zero-order valence-electron chi connectivity index (χ0n) is 11.9. The standard InChI is InChI=1S/C14H21N3O3/c1-14(2,3)16-13(19)15-11(12(18)17-20)9-10-7-5-4-6-8-10/h4-8,11,20H,9H2,1-3H3,(H,17,18)(H2,15,16,19)/t11-/m0/s1. The van der Waals surface area contributed by atoms with Crippen molar-refractivity contribution in [1.29, 1.82) is 0 Å². The van der Waals surface area contributed by atoms with E-state index < -0.39 is 23.5 Å². The summed E-state index contributed by atoms with van der Waals surface area (Å²) in [4.78, 5) is 23.4. The number of hydrogen-bond acceptors (Lipinski definition) is 3. The zero-order chi connectivity index (χ0) is 15.2. The molecule has 20 heavy (non-hydrogen) atoms. The van der Waals surface area contributed by atoms with Crippen LogP contribution in [0.15, 0.2) is 30.3 Å². The van der Waals surface area contributed by atoms with Gasteiger partial charge in [-0.2, -0.15) is 0 Å². The second kappa shape index (κ2) is 6.91. The molecule has 0 unspecified atom stereocenters. The molecule has 0 spiro atoms. The van der Waals surface area contributed by atoms with Crippen LogP contribution >= 0.6 is 0 Å². The van der Waals surface area contributed by atoms with Gasteiger partial charge in [-0.15, -0.1) is 0 Å². The molecule has 0 heterocycles. The van der Waals surface area contributed by atoms with E-state index in [1.165, 1.54) is 0 Å². The maximum Gasteiger partial charge on any atom is 0.315 e. The molecular weight excluding hydrogens is 258 g/mol. The number of nitrogens with one attached hydrogen (secondary N) is 3. The van der Waals surface area contributed by atoms with E-state index in [-0.39, 0.29) is 0 Å². The van der Waals surface area contributed by atoms with Crippen LogP contribution in [0.5, 0.6) is 0 Å². The van der Waals surface area contributed by atoms with Crippen molar-refractivity contribution < 1.29 is 14.8 Å². The normalized spacial score (nSPS) is 12.4. The van der Waals surface area contributed by atoms with E-state index in [9.17, 15) is 9.59 Å². The summed E-state index contributed by atoms with van der Waals surface area (Å²) in [5.74, 6) is -0.655. The maximum atomic E-state index is 11.8. The van der Waals surface area contributed by atoms with Gasteiger partial charge in [-0.1, -0.05) is 30.3 Å². The van der Waals surface area contributed by atoms with Crippen molar-refractivity contribution in [3.05, 3.63) is 35.9 Å². The minimum absolute atomic E-state index is 0.296. The van der Waals surface area contributed by atoms with E-state index in [0.717, 1.165) is 5.56 Å². The van der Waals surface area contributed by atoms with Crippen molar-refractivity contribution in [3.8, 4) is 0 Å². The van der Waals surface area contributed by atoms with Gasteiger partial charge in [0.1, 0.15) is 6.04 Å². The van der Waals surface area contributed by atoms with Crippen LogP contribution in [0.4, 0.5) is 4.79 Å². The molecule has 0 aliphatic heterocycles. The van der Waals surface area contributed by atoms with E-state index in [1.807, 2.05) is 51.1 Å². The summed E-state index contributed by atoms with van der Waals surface area (Å²) in [6.07, 6.45) is 0.296. The Morgan fingerprint density at radius 3 is 2.30 bits per heavy atom. The lowest BCUT2D eigenvalue weighted by Gasteiger charge is -2.23. The third kappa shape index (κ3) is 5.71.